The molecule has 4 rings (SSSR count). The van der Waals surface area contributed by atoms with Gasteiger partial charge in [-0.2, -0.15) is 0 Å². The van der Waals surface area contributed by atoms with Crippen LogP contribution in [-0.2, 0) is 14.3 Å². The number of carbonyl (C=O) groups excluding carboxylic acids is 2. The summed E-state index contributed by atoms with van der Waals surface area (Å²) < 4.78 is 10.4. The van der Waals surface area contributed by atoms with Crippen molar-refractivity contribution in [3.8, 4) is 11.1 Å². The van der Waals surface area contributed by atoms with Gasteiger partial charge in [0.05, 0.1) is 6.61 Å². The Balaban J connectivity index is 1.32. The summed E-state index contributed by atoms with van der Waals surface area (Å²) in [7, 11) is 0. The van der Waals surface area contributed by atoms with Crippen molar-refractivity contribution in [1.29, 1.82) is 0 Å². The molecular formula is C25H23N3O6. The van der Waals surface area contributed by atoms with Gasteiger partial charge in [0.1, 0.15) is 24.7 Å². The van der Waals surface area contributed by atoms with Crippen LogP contribution in [0.25, 0.3) is 11.1 Å². The Morgan fingerprint density at radius 3 is 2.26 bits per heavy atom. The van der Waals surface area contributed by atoms with Crippen molar-refractivity contribution in [1.82, 2.24) is 10.3 Å². The van der Waals surface area contributed by atoms with Crippen LogP contribution in [0.15, 0.2) is 66.7 Å². The molecule has 1 aromatic heterocycles. The molecule has 0 saturated heterocycles. The average Bonchev–Trinajstić information content (AvgIpc) is 3.16. The van der Waals surface area contributed by atoms with E-state index in [0.29, 0.717) is 0 Å². The number of aromatic nitrogens is 1. The number of pyridine rings is 1. The standard InChI is InChI=1S/C25H23N3O6/c29-23(30)15-33-13-12-26-24(31)21-10-5-11-22(27-21)28-25(32)34-14-20-18-8-3-1-6-16(18)17-7-2-4-9-19(17)20/h1-11,20H,12-15H2,(H,26,31)(H,29,30)(H,27,28,32). The molecule has 9 heteroatoms. The van der Waals surface area contributed by atoms with E-state index in [1.165, 1.54) is 6.07 Å². The van der Waals surface area contributed by atoms with Crippen LogP contribution in [0.3, 0.4) is 0 Å². The van der Waals surface area contributed by atoms with Crippen molar-refractivity contribution >= 4 is 23.8 Å². The van der Waals surface area contributed by atoms with Crippen LogP contribution in [0, 0.1) is 0 Å². The molecule has 2 amide bonds. The summed E-state index contributed by atoms with van der Waals surface area (Å²) in [5, 5.41) is 13.6. The van der Waals surface area contributed by atoms with Gasteiger partial charge in [0, 0.05) is 12.5 Å². The summed E-state index contributed by atoms with van der Waals surface area (Å²) in [6.45, 7) is -0.0996. The van der Waals surface area contributed by atoms with Crippen LogP contribution in [0.2, 0.25) is 0 Å². The zero-order valence-electron chi connectivity index (χ0n) is 18.2. The Labute approximate surface area is 195 Å². The Morgan fingerprint density at radius 2 is 1.59 bits per heavy atom. The minimum Gasteiger partial charge on any atom is -0.480 e. The Kier molecular flexibility index (Phi) is 7.14. The molecule has 1 aliphatic rings. The maximum atomic E-state index is 12.4. The van der Waals surface area contributed by atoms with Crippen molar-refractivity contribution in [3.05, 3.63) is 83.6 Å². The lowest BCUT2D eigenvalue weighted by Gasteiger charge is -2.14. The van der Waals surface area contributed by atoms with Crippen molar-refractivity contribution in [3.63, 3.8) is 0 Å². The zero-order valence-corrected chi connectivity index (χ0v) is 18.2. The van der Waals surface area contributed by atoms with E-state index >= 15 is 0 Å². The van der Waals surface area contributed by atoms with Crippen LogP contribution in [-0.4, -0.2) is 54.4 Å². The molecule has 34 heavy (non-hydrogen) atoms. The van der Waals surface area contributed by atoms with Gasteiger partial charge < -0.3 is 19.9 Å². The van der Waals surface area contributed by atoms with Crippen LogP contribution in [0.5, 0.6) is 0 Å². The Bertz CT molecular complexity index is 1170. The molecule has 0 fully saturated rings. The second-order valence-corrected chi connectivity index (χ2v) is 7.56. The van der Waals surface area contributed by atoms with Gasteiger partial charge >= 0.3 is 12.1 Å². The van der Waals surface area contributed by atoms with E-state index in [-0.39, 0.29) is 37.2 Å². The number of aliphatic carboxylic acids is 1. The van der Waals surface area contributed by atoms with E-state index in [0.717, 1.165) is 22.3 Å². The molecule has 174 valence electrons. The highest BCUT2D eigenvalue weighted by Crippen LogP contribution is 2.44. The molecule has 2 aromatic carbocycles. The van der Waals surface area contributed by atoms with Crippen molar-refractivity contribution in [2.75, 3.05) is 31.7 Å². The first kappa shape index (κ1) is 22.9. The first-order valence-corrected chi connectivity index (χ1v) is 10.7. The van der Waals surface area contributed by atoms with E-state index in [4.69, 9.17) is 14.6 Å². The van der Waals surface area contributed by atoms with Gasteiger partial charge in [-0.05, 0) is 34.4 Å². The highest BCUT2D eigenvalue weighted by atomic mass is 16.5. The number of nitrogens with one attached hydrogen (secondary N) is 2. The predicted molar refractivity (Wildman–Crippen MR) is 124 cm³/mol. The lowest BCUT2D eigenvalue weighted by Crippen LogP contribution is -2.29. The summed E-state index contributed by atoms with van der Waals surface area (Å²) in [6, 6.07) is 20.8. The second kappa shape index (κ2) is 10.6. The van der Waals surface area contributed by atoms with Crippen molar-refractivity contribution in [2.45, 2.75) is 5.92 Å². The third-order valence-electron chi connectivity index (χ3n) is 5.31. The third-order valence-corrected chi connectivity index (χ3v) is 5.31. The van der Waals surface area contributed by atoms with Gasteiger partial charge in [-0.25, -0.2) is 14.6 Å². The minimum absolute atomic E-state index is 0.0513. The maximum Gasteiger partial charge on any atom is 0.412 e. The molecule has 0 radical (unpaired) electrons. The fourth-order valence-electron chi connectivity index (χ4n) is 3.86. The SMILES string of the molecule is O=C(O)COCCNC(=O)c1cccc(NC(=O)OCC2c3ccccc3-c3ccccc32)n1. The quantitative estimate of drug-likeness (QED) is 0.417. The van der Waals surface area contributed by atoms with Crippen molar-refractivity contribution < 1.29 is 29.0 Å². The predicted octanol–water partition coefficient (Wildman–Crippen LogP) is 3.27. The van der Waals surface area contributed by atoms with Gasteiger partial charge in [-0.3, -0.25) is 10.1 Å². The molecule has 0 saturated carbocycles. The fraction of sp³-hybridized carbons (Fsp3) is 0.200. The average molecular weight is 461 g/mol. The lowest BCUT2D eigenvalue weighted by atomic mass is 9.98. The lowest BCUT2D eigenvalue weighted by molar-refractivity contribution is -0.142. The number of hydrogen-bond acceptors (Lipinski definition) is 6. The number of carboxylic acid groups (broad SMARTS) is 1. The molecule has 0 aliphatic heterocycles. The van der Waals surface area contributed by atoms with E-state index in [1.54, 1.807) is 12.1 Å². The number of fused-ring (bicyclic) bond motifs is 3. The molecular weight excluding hydrogens is 438 g/mol. The van der Waals surface area contributed by atoms with Crippen LogP contribution in [0.1, 0.15) is 27.5 Å². The fourth-order valence-corrected chi connectivity index (χ4v) is 3.86. The minimum atomic E-state index is -1.08. The van der Waals surface area contributed by atoms with E-state index in [2.05, 4.69) is 27.8 Å². The van der Waals surface area contributed by atoms with Crippen LogP contribution < -0.4 is 10.6 Å². The first-order valence-electron chi connectivity index (χ1n) is 10.7. The molecule has 3 aromatic rings. The van der Waals surface area contributed by atoms with Crippen molar-refractivity contribution in [2.24, 2.45) is 0 Å². The topological polar surface area (TPSA) is 127 Å². The van der Waals surface area contributed by atoms with Crippen LogP contribution in [0.4, 0.5) is 10.6 Å². The van der Waals surface area contributed by atoms with Crippen LogP contribution >= 0.6 is 0 Å². The van der Waals surface area contributed by atoms with E-state index in [1.807, 2.05) is 36.4 Å². The summed E-state index contributed by atoms with van der Waals surface area (Å²) >= 11 is 0. The number of hydrogen-bond donors (Lipinski definition) is 3. The Morgan fingerprint density at radius 1 is 0.912 bits per heavy atom. The third kappa shape index (κ3) is 5.38. The molecule has 0 bridgehead atoms. The molecule has 0 atom stereocenters. The maximum absolute atomic E-state index is 12.4. The number of anilines is 1. The molecule has 0 spiro atoms. The molecule has 3 N–H and O–H groups in total. The first-order chi connectivity index (χ1) is 16.5. The number of ether oxygens (including phenoxy) is 2. The van der Waals surface area contributed by atoms with E-state index < -0.39 is 24.6 Å². The molecule has 0 unspecified atom stereocenters. The summed E-state index contributed by atoms with van der Waals surface area (Å²) in [5.74, 6) is -1.45. The molecule has 9 nitrogen and oxygen atoms in total. The smallest absolute Gasteiger partial charge is 0.412 e. The van der Waals surface area contributed by atoms with Gasteiger partial charge in [0.25, 0.3) is 5.91 Å². The number of carboxylic acids is 1. The summed E-state index contributed by atoms with van der Waals surface area (Å²) in [5.41, 5.74) is 4.60. The molecule has 1 aliphatic carbocycles. The number of nitrogens with zero attached hydrogens (tertiary/aromatic N) is 1. The summed E-state index contributed by atoms with van der Waals surface area (Å²) in [6.07, 6.45) is -0.672. The van der Waals surface area contributed by atoms with Gasteiger partial charge in [-0.1, -0.05) is 54.6 Å². The normalized spacial score (nSPS) is 11.9. The number of carbonyl (C=O) groups is 3. The number of benzene rings is 2. The largest absolute Gasteiger partial charge is 0.480 e. The van der Waals surface area contributed by atoms with Gasteiger partial charge in [0.2, 0.25) is 0 Å². The number of amides is 2. The Hall–Kier alpha value is -4.24. The highest BCUT2D eigenvalue weighted by molar-refractivity contribution is 5.93. The summed E-state index contributed by atoms with van der Waals surface area (Å²) in [4.78, 5) is 39.2. The molecule has 1 heterocycles. The zero-order chi connectivity index (χ0) is 23.9. The second-order valence-electron chi connectivity index (χ2n) is 7.56. The highest BCUT2D eigenvalue weighted by Gasteiger charge is 2.29. The van der Waals surface area contributed by atoms with Gasteiger partial charge in [-0.15, -0.1) is 0 Å². The van der Waals surface area contributed by atoms with E-state index in [9.17, 15) is 14.4 Å². The monoisotopic (exact) mass is 461 g/mol. The number of rotatable bonds is 9. The van der Waals surface area contributed by atoms with Gasteiger partial charge in [0.15, 0.2) is 0 Å².